The lowest BCUT2D eigenvalue weighted by Gasteiger charge is -2.09. The Balaban J connectivity index is 1.55. The van der Waals surface area contributed by atoms with Crippen molar-refractivity contribution in [2.45, 2.75) is 0 Å². The molecule has 0 fully saturated rings. The number of hydrogen-bond acceptors (Lipinski definition) is 4. The number of rotatable bonds is 2. The Morgan fingerprint density at radius 3 is 2.22 bits per heavy atom. The van der Waals surface area contributed by atoms with Crippen molar-refractivity contribution in [2.75, 3.05) is 0 Å². The first-order chi connectivity index (χ1) is 17.9. The average Bonchev–Trinajstić information content (AvgIpc) is 3.44. The second kappa shape index (κ2) is 7.20. The van der Waals surface area contributed by atoms with Gasteiger partial charge in [-0.15, -0.1) is 0 Å². The lowest BCUT2D eigenvalue weighted by atomic mass is 10.1. The highest BCUT2D eigenvalue weighted by Gasteiger charge is 2.20. The Bertz CT molecular complexity index is 2100. The molecule has 6 heteroatoms. The average molecular weight is 463 g/mol. The van der Waals surface area contributed by atoms with Crippen molar-refractivity contribution in [2.24, 2.45) is 0 Å². The van der Waals surface area contributed by atoms with E-state index in [9.17, 15) is 0 Å². The van der Waals surface area contributed by atoms with Crippen molar-refractivity contribution in [3.8, 4) is 11.5 Å². The molecule has 6 aromatic heterocycles. The third-order valence-corrected chi connectivity index (χ3v) is 6.81. The molecule has 0 spiro atoms. The van der Waals surface area contributed by atoms with Crippen molar-refractivity contribution in [1.29, 1.82) is 0 Å². The number of pyridine rings is 4. The molecule has 0 saturated heterocycles. The Labute approximate surface area is 205 Å². The first-order valence-corrected chi connectivity index (χ1v) is 11.8. The summed E-state index contributed by atoms with van der Waals surface area (Å²) in [5.74, 6) is 0.814. The normalized spacial score (nSPS) is 11.9. The minimum Gasteiger partial charge on any atom is -0.292 e. The molecule has 0 unspecified atom stereocenters. The van der Waals surface area contributed by atoms with E-state index < -0.39 is 0 Å². The van der Waals surface area contributed by atoms with Crippen LogP contribution in [0.25, 0.3) is 66.5 Å². The molecule has 0 atom stereocenters. The van der Waals surface area contributed by atoms with Gasteiger partial charge in [-0.05, 0) is 60.7 Å². The molecule has 6 heterocycles. The van der Waals surface area contributed by atoms with Gasteiger partial charge in [-0.2, -0.15) is 0 Å². The molecule has 0 aliphatic carbocycles. The molecule has 0 aliphatic heterocycles. The Hall–Kier alpha value is -5.10. The second-order valence-corrected chi connectivity index (χ2v) is 8.84. The van der Waals surface area contributed by atoms with Gasteiger partial charge in [-0.3, -0.25) is 19.1 Å². The van der Waals surface area contributed by atoms with Crippen molar-refractivity contribution >= 4 is 55.0 Å². The summed E-state index contributed by atoms with van der Waals surface area (Å²) < 4.78 is 4.34. The van der Waals surface area contributed by atoms with Gasteiger partial charge in [0, 0.05) is 34.2 Å². The number of nitrogens with zero attached hydrogens (tertiary/aromatic N) is 6. The van der Waals surface area contributed by atoms with Crippen molar-refractivity contribution in [3.63, 3.8) is 0 Å². The van der Waals surface area contributed by atoms with Crippen LogP contribution in [0.3, 0.4) is 0 Å². The fourth-order valence-corrected chi connectivity index (χ4v) is 5.26. The van der Waals surface area contributed by atoms with E-state index in [1.54, 1.807) is 6.20 Å². The number of para-hydroxylation sites is 2. The molecule has 168 valence electrons. The molecule has 0 saturated carbocycles. The topological polar surface area (TPSA) is 61.4 Å². The highest BCUT2D eigenvalue weighted by atomic mass is 15.1. The van der Waals surface area contributed by atoms with E-state index >= 15 is 0 Å². The minimum atomic E-state index is 0.814. The molecule has 0 bridgehead atoms. The van der Waals surface area contributed by atoms with E-state index in [2.05, 4.69) is 62.6 Å². The SMILES string of the molecule is c1ccc(-n2c3cccnc3c3cc4c5ccccc5n(-c5ccc6ncccc6n5)c4nc32)cc1. The molecule has 0 amide bonds. The monoisotopic (exact) mass is 462 g/mol. The molecule has 8 aromatic rings. The van der Waals surface area contributed by atoms with Crippen LogP contribution in [-0.4, -0.2) is 29.1 Å². The van der Waals surface area contributed by atoms with E-state index in [0.29, 0.717) is 0 Å². The van der Waals surface area contributed by atoms with Gasteiger partial charge in [-0.1, -0.05) is 36.4 Å². The maximum atomic E-state index is 5.32. The van der Waals surface area contributed by atoms with Crippen LogP contribution in [0.15, 0.2) is 109 Å². The van der Waals surface area contributed by atoms with Crippen LogP contribution in [0, 0.1) is 0 Å². The smallest absolute Gasteiger partial charge is 0.149 e. The highest BCUT2D eigenvalue weighted by Crippen LogP contribution is 2.36. The zero-order valence-electron chi connectivity index (χ0n) is 19.1. The zero-order chi connectivity index (χ0) is 23.6. The minimum absolute atomic E-state index is 0.814. The second-order valence-electron chi connectivity index (χ2n) is 8.84. The fraction of sp³-hybridized carbons (Fsp3) is 0. The molecule has 8 rings (SSSR count). The summed E-state index contributed by atoms with van der Waals surface area (Å²) in [6.07, 6.45) is 3.64. The quantitative estimate of drug-likeness (QED) is 0.290. The van der Waals surface area contributed by atoms with Crippen molar-refractivity contribution in [3.05, 3.63) is 109 Å². The zero-order valence-corrected chi connectivity index (χ0v) is 19.1. The third-order valence-electron chi connectivity index (χ3n) is 6.81. The van der Waals surface area contributed by atoms with Gasteiger partial charge in [0.1, 0.15) is 17.1 Å². The number of benzene rings is 2. The van der Waals surface area contributed by atoms with Crippen LogP contribution in [0.5, 0.6) is 0 Å². The van der Waals surface area contributed by atoms with Gasteiger partial charge in [-0.25, -0.2) is 9.97 Å². The highest BCUT2D eigenvalue weighted by molar-refractivity contribution is 6.15. The predicted molar refractivity (Wildman–Crippen MR) is 144 cm³/mol. The molecule has 6 nitrogen and oxygen atoms in total. The van der Waals surface area contributed by atoms with E-state index in [1.165, 1.54) is 0 Å². The first-order valence-electron chi connectivity index (χ1n) is 11.8. The Morgan fingerprint density at radius 1 is 0.500 bits per heavy atom. The van der Waals surface area contributed by atoms with Crippen LogP contribution in [0.4, 0.5) is 0 Å². The van der Waals surface area contributed by atoms with Gasteiger partial charge >= 0.3 is 0 Å². The third kappa shape index (κ3) is 2.61. The first kappa shape index (κ1) is 19.2. The van der Waals surface area contributed by atoms with E-state index in [1.807, 2.05) is 54.7 Å². The van der Waals surface area contributed by atoms with Gasteiger partial charge < -0.3 is 0 Å². The van der Waals surface area contributed by atoms with Crippen LogP contribution < -0.4 is 0 Å². The number of aromatic nitrogens is 6. The van der Waals surface area contributed by atoms with Gasteiger partial charge in [0.15, 0.2) is 0 Å². The Kier molecular flexibility index (Phi) is 3.85. The Morgan fingerprint density at radius 2 is 1.28 bits per heavy atom. The lowest BCUT2D eigenvalue weighted by Crippen LogP contribution is -2.00. The summed E-state index contributed by atoms with van der Waals surface area (Å²) in [4.78, 5) is 19.5. The van der Waals surface area contributed by atoms with Crippen LogP contribution >= 0.6 is 0 Å². The van der Waals surface area contributed by atoms with Crippen LogP contribution in [0.2, 0.25) is 0 Å². The molecular formula is C30H18N6. The standard InChI is InChI=1S/C30H18N6/c1-2-8-19(9-3-1)35-26-13-7-17-32-28(26)22-18-21-20-10-4-5-12-25(20)36(29(21)34-30(22)35)27-15-14-23-24(33-27)11-6-16-31-23/h1-18H. The largest absolute Gasteiger partial charge is 0.292 e. The lowest BCUT2D eigenvalue weighted by molar-refractivity contribution is 1.06. The predicted octanol–water partition coefficient (Wildman–Crippen LogP) is 6.61. The van der Waals surface area contributed by atoms with Crippen molar-refractivity contribution < 1.29 is 0 Å². The summed E-state index contributed by atoms with van der Waals surface area (Å²) in [6, 6.07) is 33.0. The van der Waals surface area contributed by atoms with Gasteiger partial charge in [0.05, 0.1) is 27.6 Å². The number of hydrogen-bond donors (Lipinski definition) is 0. The molecule has 36 heavy (non-hydrogen) atoms. The molecule has 2 aromatic carbocycles. The molecule has 0 radical (unpaired) electrons. The van der Waals surface area contributed by atoms with Crippen molar-refractivity contribution in [1.82, 2.24) is 29.1 Å². The molecule has 0 aliphatic rings. The van der Waals surface area contributed by atoms with E-state index in [-0.39, 0.29) is 0 Å². The summed E-state index contributed by atoms with van der Waals surface area (Å²) >= 11 is 0. The fourth-order valence-electron chi connectivity index (χ4n) is 5.26. The van der Waals surface area contributed by atoms with E-state index in [0.717, 1.165) is 66.5 Å². The summed E-state index contributed by atoms with van der Waals surface area (Å²) in [6.45, 7) is 0. The molecular weight excluding hydrogens is 444 g/mol. The summed E-state index contributed by atoms with van der Waals surface area (Å²) in [5, 5.41) is 3.23. The van der Waals surface area contributed by atoms with Crippen LogP contribution in [0.1, 0.15) is 0 Å². The number of fused-ring (bicyclic) bond motifs is 7. The van der Waals surface area contributed by atoms with Gasteiger partial charge in [0.25, 0.3) is 0 Å². The molecule has 0 N–H and O–H groups in total. The maximum absolute atomic E-state index is 5.32. The maximum Gasteiger partial charge on any atom is 0.149 e. The van der Waals surface area contributed by atoms with E-state index in [4.69, 9.17) is 15.0 Å². The van der Waals surface area contributed by atoms with Gasteiger partial charge in [0.2, 0.25) is 0 Å². The summed E-state index contributed by atoms with van der Waals surface area (Å²) in [7, 11) is 0. The summed E-state index contributed by atoms with van der Waals surface area (Å²) in [5.41, 5.74) is 7.54. The van der Waals surface area contributed by atoms with Crippen LogP contribution in [-0.2, 0) is 0 Å².